The number of carbonyl (C=O) groups excluding carboxylic acids is 1. The van der Waals surface area contributed by atoms with Crippen LogP contribution in [0.1, 0.15) is 24.5 Å². The Morgan fingerprint density at radius 2 is 2.19 bits per heavy atom. The molecule has 1 fully saturated rings. The summed E-state index contributed by atoms with van der Waals surface area (Å²) in [5.74, 6) is 0.623. The third kappa shape index (κ3) is 3.63. The van der Waals surface area contributed by atoms with Gasteiger partial charge in [0.1, 0.15) is 11.8 Å². The number of amides is 1. The molecular formula is C22H23ClN8O. The van der Waals surface area contributed by atoms with Crippen LogP contribution < -0.4 is 16.0 Å². The average Bonchev–Trinajstić information content (AvgIpc) is 3.44. The van der Waals surface area contributed by atoms with Crippen LogP contribution in [-0.2, 0) is 16.8 Å². The lowest BCUT2D eigenvalue weighted by Gasteiger charge is -2.33. The van der Waals surface area contributed by atoms with Crippen molar-refractivity contribution in [2.45, 2.75) is 25.3 Å². The summed E-state index contributed by atoms with van der Waals surface area (Å²) in [5, 5.41) is 11.5. The number of H-pyrrole nitrogens is 1. The van der Waals surface area contributed by atoms with E-state index in [0.717, 1.165) is 40.5 Å². The number of nitrogens with one attached hydrogen (secondary N) is 4. The van der Waals surface area contributed by atoms with E-state index in [2.05, 4.69) is 40.9 Å². The molecule has 1 aliphatic rings. The van der Waals surface area contributed by atoms with Gasteiger partial charge in [0.2, 0.25) is 5.91 Å². The summed E-state index contributed by atoms with van der Waals surface area (Å²) in [4.78, 5) is 32.6. The summed E-state index contributed by atoms with van der Waals surface area (Å²) in [6.45, 7) is 3.61. The second-order valence-electron chi connectivity index (χ2n) is 7.98. The van der Waals surface area contributed by atoms with Gasteiger partial charge in [-0.1, -0.05) is 11.6 Å². The van der Waals surface area contributed by atoms with E-state index in [4.69, 9.17) is 11.6 Å². The molecule has 4 aromatic rings. The number of carbonyl (C=O) groups is 1. The third-order valence-corrected chi connectivity index (χ3v) is 6.20. The molecule has 1 saturated heterocycles. The highest BCUT2D eigenvalue weighted by molar-refractivity contribution is 6.35. The van der Waals surface area contributed by atoms with Crippen LogP contribution in [0.25, 0.3) is 22.1 Å². The topological polar surface area (TPSA) is 121 Å². The summed E-state index contributed by atoms with van der Waals surface area (Å²) in [5.41, 5.74) is 3.73. The number of pyridine rings is 1. The Bertz CT molecular complexity index is 1300. The second-order valence-corrected chi connectivity index (χ2v) is 8.39. The zero-order valence-electron chi connectivity index (χ0n) is 17.6. The molecular weight excluding hydrogens is 428 g/mol. The number of hydrogen-bond acceptors (Lipinski definition) is 7. The maximum absolute atomic E-state index is 12.2. The van der Waals surface area contributed by atoms with Crippen molar-refractivity contribution in [3.8, 4) is 0 Å². The Balaban J connectivity index is 1.54. The summed E-state index contributed by atoms with van der Waals surface area (Å²) in [7, 11) is 0. The van der Waals surface area contributed by atoms with Crippen LogP contribution in [-0.4, -0.2) is 50.5 Å². The van der Waals surface area contributed by atoms with E-state index in [1.165, 1.54) is 6.33 Å². The lowest BCUT2D eigenvalue weighted by atomic mass is 9.82. The largest absolute Gasteiger partial charge is 0.368 e. The number of imidazole rings is 1. The number of nitrogens with zero attached hydrogens (tertiary/aromatic N) is 4. The fourth-order valence-corrected chi connectivity index (χ4v) is 4.89. The van der Waals surface area contributed by atoms with Gasteiger partial charge in [-0.15, -0.1) is 0 Å². The van der Waals surface area contributed by atoms with E-state index in [1.807, 2.05) is 18.2 Å². The first-order valence-electron chi connectivity index (χ1n) is 10.5. The first-order chi connectivity index (χ1) is 15.6. The maximum Gasteiger partial charge on any atom is 0.217 e. The highest BCUT2D eigenvalue weighted by Crippen LogP contribution is 2.38. The van der Waals surface area contributed by atoms with Crippen LogP contribution in [0.15, 0.2) is 37.1 Å². The Kier molecular flexibility index (Phi) is 5.36. The van der Waals surface area contributed by atoms with Crippen LogP contribution in [0, 0.1) is 0 Å². The molecule has 32 heavy (non-hydrogen) atoms. The number of fused-ring (bicyclic) bond motifs is 2. The molecule has 0 radical (unpaired) electrons. The van der Waals surface area contributed by atoms with Gasteiger partial charge in [-0.05, 0) is 43.1 Å². The van der Waals surface area contributed by atoms with Crippen LogP contribution in [0.5, 0.6) is 0 Å². The normalized spacial score (nSPS) is 18.3. The molecule has 0 aliphatic carbocycles. The SMILES string of the molecule is CC(=O)N[C@]1(c2c(CCNc3ncnc4nc[nH]c34)cc(Cl)c3cccnc23)CCNC1. The lowest BCUT2D eigenvalue weighted by Crippen LogP contribution is -2.47. The van der Waals surface area contributed by atoms with Crippen molar-refractivity contribution >= 4 is 45.4 Å². The van der Waals surface area contributed by atoms with Crippen LogP contribution >= 0.6 is 11.6 Å². The van der Waals surface area contributed by atoms with Crippen molar-refractivity contribution < 1.29 is 4.79 Å². The zero-order valence-corrected chi connectivity index (χ0v) is 18.3. The minimum atomic E-state index is -0.538. The second kappa shape index (κ2) is 8.33. The van der Waals surface area contributed by atoms with Gasteiger partial charge >= 0.3 is 0 Å². The van der Waals surface area contributed by atoms with Crippen molar-refractivity contribution in [3.63, 3.8) is 0 Å². The lowest BCUT2D eigenvalue weighted by molar-refractivity contribution is -0.120. The van der Waals surface area contributed by atoms with Crippen LogP contribution in [0.4, 0.5) is 5.82 Å². The van der Waals surface area contributed by atoms with Crippen LogP contribution in [0.3, 0.4) is 0 Å². The van der Waals surface area contributed by atoms with Gasteiger partial charge < -0.3 is 20.9 Å². The molecule has 0 unspecified atom stereocenters. The standard InChI is InChI=1S/C22H23ClN8O/c1-13(32)31-22(5-8-24-10-22)17-14(9-16(23)15-3-2-6-25-18(15)17)4-7-26-20-19-21(28-11-27-19)30-12-29-20/h2-3,6,9,11-12,24H,4-5,7-8,10H2,1H3,(H,31,32)(H2,26,27,28,29,30)/t22-/m1/s1. The van der Waals surface area contributed by atoms with E-state index in [0.29, 0.717) is 36.0 Å². The number of aromatic amines is 1. The minimum absolute atomic E-state index is 0.0700. The van der Waals surface area contributed by atoms with Crippen molar-refractivity contribution in [2.75, 3.05) is 25.0 Å². The minimum Gasteiger partial charge on any atom is -0.368 e. The summed E-state index contributed by atoms with van der Waals surface area (Å²) in [6, 6.07) is 5.84. The van der Waals surface area contributed by atoms with E-state index >= 15 is 0 Å². The number of halogens is 1. The quantitative estimate of drug-likeness (QED) is 0.356. The fourth-order valence-electron chi connectivity index (χ4n) is 4.61. The van der Waals surface area contributed by atoms with E-state index in [-0.39, 0.29) is 5.91 Å². The smallest absolute Gasteiger partial charge is 0.217 e. The van der Waals surface area contributed by atoms with Crippen LogP contribution in [0.2, 0.25) is 5.02 Å². The van der Waals surface area contributed by atoms with Gasteiger partial charge in [0, 0.05) is 37.2 Å². The Morgan fingerprint density at radius 3 is 3.00 bits per heavy atom. The van der Waals surface area contributed by atoms with Gasteiger partial charge in [-0.25, -0.2) is 15.0 Å². The van der Waals surface area contributed by atoms with Crippen molar-refractivity contribution in [1.29, 1.82) is 0 Å². The van der Waals surface area contributed by atoms with Gasteiger partial charge in [0.15, 0.2) is 11.5 Å². The molecule has 0 saturated carbocycles. The average molecular weight is 451 g/mol. The van der Waals surface area contributed by atoms with E-state index < -0.39 is 5.54 Å². The van der Waals surface area contributed by atoms with Gasteiger partial charge in [-0.2, -0.15) is 0 Å². The number of anilines is 1. The molecule has 0 bridgehead atoms. The monoisotopic (exact) mass is 450 g/mol. The molecule has 4 N–H and O–H groups in total. The first kappa shape index (κ1) is 20.6. The fraction of sp³-hybridized carbons (Fsp3) is 0.318. The van der Waals surface area contributed by atoms with Crippen molar-refractivity contribution in [2.24, 2.45) is 0 Å². The molecule has 1 amide bonds. The summed E-state index contributed by atoms with van der Waals surface area (Å²) >= 11 is 6.65. The zero-order chi connectivity index (χ0) is 22.1. The highest BCUT2D eigenvalue weighted by Gasteiger charge is 2.40. The predicted octanol–water partition coefficient (Wildman–Crippen LogP) is 2.53. The number of aromatic nitrogens is 5. The maximum atomic E-state index is 12.2. The molecule has 10 heteroatoms. The van der Waals surface area contributed by atoms with Crippen molar-refractivity contribution in [3.05, 3.63) is 53.2 Å². The molecule has 164 valence electrons. The molecule has 1 atom stereocenters. The molecule has 0 spiro atoms. The van der Waals surface area contributed by atoms with Gasteiger partial charge in [0.25, 0.3) is 0 Å². The Morgan fingerprint density at radius 1 is 1.28 bits per heavy atom. The van der Waals surface area contributed by atoms with E-state index in [1.54, 1.807) is 19.4 Å². The van der Waals surface area contributed by atoms with Gasteiger partial charge in [-0.3, -0.25) is 9.78 Å². The molecule has 1 aliphatic heterocycles. The number of rotatable bonds is 6. The highest BCUT2D eigenvalue weighted by atomic mass is 35.5. The molecule has 1 aromatic carbocycles. The molecule has 4 heterocycles. The predicted molar refractivity (Wildman–Crippen MR) is 124 cm³/mol. The first-order valence-corrected chi connectivity index (χ1v) is 10.9. The van der Waals surface area contributed by atoms with Gasteiger partial charge in [0.05, 0.1) is 22.4 Å². The summed E-state index contributed by atoms with van der Waals surface area (Å²) in [6.07, 6.45) is 6.30. The van der Waals surface area contributed by atoms with Crippen molar-refractivity contribution in [1.82, 2.24) is 35.6 Å². The summed E-state index contributed by atoms with van der Waals surface area (Å²) < 4.78 is 0. The van der Waals surface area contributed by atoms with E-state index in [9.17, 15) is 4.79 Å². The number of hydrogen-bond donors (Lipinski definition) is 4. The third-order valence-electron chi connectivity index (χ3n) is 5.88. The molecule has 9 nitrogen and oxygen atoms in total. The Hall–Kier alpha value is -3.30. The Labute approximate surface area is 189 Å². The number of benzene rings is 1. The molecule has 3 aromatic heterocycles. The molecule has 5 rings (SSSR count).